The van der Waals surface area contributed by atoms with Crippen molar-refractivity contribution in [1.29, 1.82) is 0 Å². The maximum absolute atomic E-state index is 14.4. The molecule has 0 bridgehead atoms. The second kappa shape index (κ2) is 6.81. The molecule has 0 aliphatic rings. The van der Waals surface area contributed by atoms with Crippen molar-refractivity contribution in [3.63, 3.8) is 0 Å². The largest absolute Gasteiger partial charge is 0.336 e. The molecule has 0 radical (unpaired) electrons. The molecule has 0 fully saturated rings. The number of benzene rings is 1. The zero-order valence-corrected chi connectivity index (χ0v) is 16.0. The standard InChI is InChI=1S/C23H14FN7/c24-15-6-2-1-5-14(15)19-20-17(9-11-26-19)28-23(29-20)22-21-18(30-31-22)8-7-16(27-21)13-4-3-10-25-12-13/h1-12H,(H,28,29)(H,30,31). The molecule has 0 saturated heterocycles. The highest BCUT2D eigenvalue weighted by atomic mass is 19.1. The van der Waals surface area contributed by atoms with Gasteiger partial charge in [0.25, 0.3) is 0 Å². The van der Waals surface area contributed by atoms with E-state index in [1.54, 1.807) is 42.9 Å². The molecule has 1 aromatic carbocycles. The SMILES string of the molecule is Fc1ccccc1-c1nccc2[nH]c(-c3n[nH]c4ccc(-c5cccnc5)nc34)nc12. The summed E-state index contributed by atoms with van der Waals surface area (Å²) in [6, 6.07) is 16.0. The third kappa shape index (κ3) is 2.84. The molecule has 0 spiro atoms. The van der Waals surface area contributed by atoms with Crippen LogP contribution in [-0.2, 0) is 0 Å². The minimum absolute atomic E-state index is 0.347. The summed E-state index contributed by atoms with van der Waals surface area (Å²) in [7, 11) is 0. The minimum atomic E-state index is -0.347. The Morgan fingerprint density at radius 1 is 0.774 bits per heavy atom. The smallest absolute Gasteiger partial charge is 0.161 e. The molecular formula is C23H14FN7. The zero-order chi connectivity index (χ0) is 20.8. The first-order valence-electron chi connectivity index (χ1n) is 9.63. The Labute approximate surface area is 175 Å². The number of aromatic amines is 2. The van der Waals surface area contributed by atoms with Crippen molar-refractivity contribution in [3.8, 4) is 34.0 Å². The molecule has 8 heteroatoms. The monoisotopic (exact) mass is 407 g/mol. The average molecular weight is 407 g/mol. The highest BCUT2D eigenvalue weighted by molar-refractivity contribution is 5.95. The van der Waals surface area contributed by atoms with Crippen LogP contribution < -0.4 is 0 Å². The highest BCUT2D eigenvalue weighted by Crippen LogP contribution is 2.31. The number of nitrogens with one attached hydrogen (secondary N) is 2. The molecule has 0 unspecified atom stereocenters. The van der Waals surface area contributed by atoms with E-state index in [4.69, 9.17) is 9.97 Å². The summed E-state index contributed by atoms with van der Waals surface area (Å²) >= 11 is 0. The molecule has 0 saturated carbocycles. The van der Waals surface area contributed by atoms with Crippen molar-refractivity contribution in [2.24, 2.45) is 0 Å². The number of pyridine rings is 3. The number of fused-ring (bicyclic) bond motifs is 2. The predicted octanol–water partition coefficient (Wildman–Crippen LogP) is 4.76. The van der Waals surface area contributed by atoms with E-state index in [0.717, 1.165) is 22.3 Å². The molecule has 0 aliphatic heterocycles. The van der Waals surface area contributed by atoms with Crippen molar-refractivity contribution in [1.82, 2.24) is 35.1 Å². The summed E-state index contributed by atoms with van der Waals surface area (Å²) in [5.41, 5.74) is 5.93. The zero-order valence-electron chi connectivity index (χ0n) is 16.0. The molecule has 0 atom stereocenters. The predicted molar refractivity (Wildman–Crippen MR) is 115 cm³/mol. The first kappa shape index (κ1) is 17.4. The summed E-state index contributed by atoms with van der Waals surface area (Å²) in [6.07, 6.45) is 5.12. The van der Waals surface area contributed by atoms with Crippen LogP contribution in [0.3, 0.4) is 0 Å². The number of nitrogens with zero attached hydrogens (tertiary/aromatic N) is 5. The first-order chi connectivity index (χ1) is 15.3. The molecule has 0 amide bonds. The number of halogens is 1. The number of imidazole rings is 1. The van der Waals surface area contributed by atoms with Gasteiger partial charge >= 0.3 is 0 Å². The Kier molecular flexibility index (Phi) is 3.82. The average Bonchev–Trinajstić information content (AvgIpc) is 3.43. The van der Waals surface area contributed by atoms with Crippen molar-refractivity contribution < 1.29 is 4.39 Å². The molecule has 6 aromatic rings. The van der Waals surface area contributed by atoms with Crippen LogP contribution in [-0.4, -0.2) is 35.1 Å². The molecule has 31 heavy (non-hydrogen) atoms. The lowest BCUT2D eigenvalue weighted by molar-refractivity contribution is 0.631. The Morgan fingerprint density at radius 2 is 1.68 bits per heavy atom. The Hall–Kier alpha value is -4.46. The highest BCUT2D eigenvalue weighted by Gasteiger charge is 2.18. The summed E-state index contributed by atoms with van der Waals surface area (Å²) in [5, 5.41) is 7.43. The fourth-order valence-electron chi connectivity index (χ4n) is 3.64. The van der Waals surface area contributed by atoms with Crippen LogP contribution in [0.25, 0.3) is 56.1 Å². The van der Waals surface area contributed by atoms with Gasteiger partial charge in [0, 0.05) is 29.7 Å². The van der Waals surface area contributed by atoms with E-state index in [0.29, 0.717) is 33.8 Å². The molecule has 5 heterocycles. The van der Waals surface area contributed by atoms with Crippen molar-refractivity contribution in [2.75, 3.05) is 0 Å². The van der Waals surface area contributed by atoms with E-state index >= 15 is 0 Å². The van der Waals surface area contributed by atoms with Gasteiger partial charge in [-0.15, -0.1) is 0 Å². The molecule has 2 N–H and O–H groups in total. The molecule has 148 valence electrons. The van der Waals surface area contributed by atoms with Gasteiger partial charge in [0.05, 0.1) is 16.7 Å². The van der Waals surface area contributed by atoms with Crippen LogP contribution in [0, 0.1) is 5.82 Å². The molecular weight excluding hydrogens is 393 g/mol. The molecule has 0 aliphatic carbocycles. The number of rotatable bonds is 3. The van der Waals surface area contributed by atoms with Crippen molar-refractivity contribution in [2.45, 2.75) is 0 Å². The lowest BCUT2D eigenvalue weighted by Gasteiger charge is -2.02. The van der Waals surface area contributed by atoms with E-state index in [-0.39, 0.29) is 5.82 Å². The van der Waals surface area contributed by atoms with Gasteiger partial charge in [-0.05, 0) is 42.5 Å². The van der Waals surface area contributed by atoms with Gasteiger partial charge in [0.1, 0.15) is 22.5 Å². The third-order valence-electron chi connectivity index (χ3n) is 5.12. The maximum Gasteiger partial charge on any atom is 0.161 e. The van der Waals surface area contributed by atoms with E-state index in [1.165, 1.54) is 6.07 Å². The summed E-state index contributed by atoms with van der Waals surface area (Å²) in [4.78, 5) is 21.3. The van der Waals surface area contributed by atoms with Gasteiger partial charge in [-0.1, -0.05) is 12.1 Å². The number of hydrogen-bond donors (Lipinski definition) is 2. The normalized spacial score (nSPS) is 11.4. The van der Waals surface area contributed by atoms with Crippen molar-refractivity contribution in [3.05, 3.63) is 79.0 Å². The van der Waals surface area contributed by atoms with Gasteiger partial charge in [-0.25, -0.2) is 14.4 Å². The van der Waals surface area contributed by atoms with Crippen LogP contribution in [0.1, 0.15) is 0 Å². The molecule has 7 nitrogen and oxygen atoms in total. The number of H-pyrrole nitrogens is 2. The minimum Gasteiger partial charge on any atom is -0.336 e. The lowest BCUT2D eigenvalue weighted by Crippen LogP contribution is -1.89. The van der Waals surface area contributed by atoms with Crippen LogP contribution >= 0.6 is 0 Å². The van der Waals surface area contributed by atoms with Crippen molar-refractivity contribution >= 4 is 22.1 Å². The van der Waals surface area contributed by atoms with Gasteiger partial charge in [-0.3, -0.25) is 15.1 Å². The number of aromatic nitrogens is 7. The van der Waals surface area contributed by atoms with E-state index in [9.17, 15) is 4.39 Å². The second-order valence-electron chi connectivity index (χ2n) is 7.03. The van der Waals surface area contributed by atoms with Gasteiger partial charge < -0.3 is 4.98 Å². The third-order valence-corrected chi connectivity index (χ3v) is 5.12. The lowest BCUT2D eigenvalue weighted by atomic mass is 10.1. The Morgan fingerprint density at radius 3 is 2.55 bits per heavy atom. The Balaban J connectivity index is 1.53. The topological polar surface area (TPSA) is 96.0 Å². The quantitative estimate of drug-likeness (QED) is 0.441. The van der Waals surface area contributed by atoms with E-state index in [1.807, 2.05) is 24.3 Å². The van der Waals surface area contributed by atoms with Gasteiger partial charge in [-0.2, -0.15) is 5.10 Å². The summed E-state index contributed by atoms with van der Waals surface area (Å²) in [5.74, 6) is 0.183. The molecule has 6 rings (SSSR count). The first-order valence-corrected chi connectivity index (χ1v) is 9.63. The second-order valence-corrected chi connectivity index (χ2v) is 7.03. The van der Waals surface area contributed by atoms with Gasteiger partial charge in [0.15, 0.2) is 11.5 Å². The number of hydrogen-bond acceptors (Lipinski definition) is 5. The Bertz CT molecular complexity index is 1550. The fourth-order valence-corrected chi connectivity index (χ4v) is 3.64. The van der Waals surface area contributed by atoms with Crippen LogP contribution in [0.4, 0.5) is 4.39 Å². The van der Waals surface area contributed by atoms with Crippen LogP contribution in [0.5, 0.6) is 0 Å². The van der Waals surface area contributed by atoms with E-state index in [2.05, 4.69) is 25.1 Å². The summed E-state index contributed by atoms with van der Waals surface area (Å²) < 4.78 is 14.4. The molecule has 5 aromatic heterocycles. The van der Waals surface area contributed by atoms with Gasteiger partial charge in [0.2, 0.25) is 0 Å². The maximum atomic E-state index is 14.4. The van der Waals surface area contributed by atoms with E-state index < -0.39 is 0 Å². The summed E-state index contributed by atoms with van der Waals surface area (Å²) in [6.45, 7) is 0. The fraction of sp³-hybridized carbons (Fsp3) is 0. The van der Waals surface area contributed by atoms with Crippen LogP contribution in [0.15, 0.2) is 73.2 Å². The van der Waals surface area contributed by atoms with Crippen LogP contribution in [0.2, 0.25) is 0 Å².